The van der Waals surface area contributed by atoms with E-state index in [0.717, 1.165) is 29.2 Å². The molecular formula is C14H19N3O. The van der Waals surface area contributed by atoms with Crippen LogP contribution < -0.4 is 10.5 Å². The zero-order valence-corrected chi connectivity index (χ0v) is 11.1. The minimum absolute atomic E-state index is 0.589. The number of rotatable bonds is 4. The number of aryl methyl sites for hydroxylation is 3. The van der Waals surface area contributed by atoms with Gasteiger partial charge in [0.25, 0.3) is 0 Å². The summed E-state index contributed by atoms with van der Waals surface area (Å²) in [6.45, 7) is 7.39. The third kappa shape index (κ3) is 2.64. The fraction of sp³-hybridized carbons (Fsp3) is 0.357. The summed E-state index contributed by atoms with van der Waals surface area (Å²) in [5.74, 6) is 1.78. The Balaban J connectivity index is 2.01. The van der Waals surface area contributed by atoms with Crippen molar-refractivity contribution in [2.75, 3.05) is 12.3 Å². The highest BCUT2D eigenvalue weighted by Gasteiger charge is 2.06. The molecule has 1 heterocycles. The van der Waals surface area contributed by atoms with Gasteiger partial charge in [-0.15, -0.1) is 0 Å². The molecule has 2 N–H and O–H groups in total. The van der Waals surface area contributed by atoms with Crippen LogP contribution in [-0.4, -0.2) is 16.2 Å². The molecule has 4 nitrogen and oxygen atoms in total. The molecule has 0 bridgehead atoms. The van der Waals surface area contributed by atoms with E-state index in [9.17, 15) is 0 Å². The van der Waals surface area contributed by atoms with E-state index in [2.05, 4.69) is 15.6 Å². The van der Waals surface area contributed by atoms with Crippen LogP contribution in [0.15, 0.2) is 24.5 Å². The van der Waals surface area contributed by atoms with Crippen molar-refractivity contribution in [1.29, 1.82) is 0 Å². The highest BCUT2D eigenvalue weighted by molar-refractivity contribution is 5.58. The summed E-state index contributed by atoms with van der Waals surface area (Å²) in [5.41, 5.74) is 8.90. The summed E-state index contributed by atoms with van der Waals surface area (Å²) in [5, 5.41) is 0. The molecule has 1 aromatic heterocycles. The molecule has 0 aliphatic heterocycles. The van der Waals surface area contributed by atoms with Crippen LogP contribution in [0.3, 0.4) is 0 Å². The zero-order chi connectivity index (χ0) is 13.1. The summed E-state index contributed by atoms with van der Waals surface area (Å²) in [4.78, 5) is 4.17. The van der Waals surface area contributed by atoms with E-state index in [4.69, 9.17) is 10.5 Å². The number of hydrogen-bond donors (Lipinski definition) is 1. The molecule has 0 spiro atoms. The van der Waals surface area contributed by atoms with Gasteiger partial charge in [0.05, 0.1) is 12.2 Å². The Morgan fingerprint density at radius 1 is 1.28 bits per heavy atom. The van der Waals surface area contributed by atoms with Crippen molar-refractivity contribution in [3.63, 3.8) is 0 Å². The minimum atomic E-state index is 0.589. The molecule has 0 aliphatic carbocycles. The van der Waals surface area contributed by atoms with E-state index in [1.165, 1.54) is 0 Å². The normalized spacial score (nSPS) is 10.6. The molecule has 2 aromatic rings. The Hall–Kier alpha value is -1.97. The second kappa shape index (κ2) is 5.12. The van der Waals surface area contributed by atoms with Gasteiger partial charge in [0.1, 0.15) is 18.2 Å². The molecule has 0 radical (unpaired) electrons. The number of ether oxygens (including phenoxy) is 1. The van der Waals surface area contributed by atoms with Gasteiger partial charge in [-0.05, 0) is 38.0 Å². The lowest BCUT2D eigenvalue weighted by atomic mass is 10.1. The Kier molecular flexibility index (Phi) is 3.55. The molecule has 0 saturated carbocycles. The van der Waals surface area contributed by atoms with Crippen molar-refractivity contribution >= 4 is 5.69 Å². The first-order valence-electron chi connectivity index (χ1n) is 6.05. The van der Waals surface area contributed by atoms with Crippen molar-refractivity contribution in [1.82, 2.24) is 9.55 Å². The van der Waals surface area contributed by atoms with Crippen molar-refractivity contribution < 1.29 is 4.74 Å². The number of benzene rings is 1. The lowest BCUT2D eigenvalue weighted by Gasteiger charge is -2.13. The van der Waals surface area contributed by atoms with Gasteiger partial charge in [-0.25, -0.2) is 4.98 Å². The topological polar surface area (TPSA) is 53.1 Å². The average Bonchev–Trinajstić information content (AvgIpc) is 2.68. The lowest BCUT2D eigenvalue weighted by molar-refractivity contribution is 0.296. The highest BCUT2D eigenvalue weighted by Crippen LogP contribution is 2.27. The predicted octanol–water partition coefficient (Wildman–Crippen LogP) is 2.47. The van der Waals surface area contributed by atoms with Gasteiger partial charge in [-0.2, -0.15) is 0 Å². The Morgan fingerprint density at radius 2 is 2.06 bits per heavy atom. The third-order valence-corrected chi connectivity index (χ3v) is 2.95. The summed E-state index contributed by atoms with van der Waals surface area (Å²) in [6.07, 6.45) is 3.74. The number of imidazole rings is 1. The maximum atomic E-state index is 5.97. The van der Waals surface area contributed by atoms with Gasteiger partial charge < -0.3 is 15.0 Å². The van der Waals surface area contributed by atoms with Gasteiger partial charge in [-0.3, -0.25) is 0 Å². The summed E-state index contributed by atoms with van der Waals surface area (Å²) >= 11 is 0. The maximum Gasteiger partial charge on any atom is 0.145 e. The first-order chi connectivity index (χ1) is 8.58. The standard InChI is InChI=1S/C14H19N3O/c1-10-8-11(2)14(13(15)9-10)18-7-6-17-5-4-16-12(17)3/h4-5,8-9H,6-7,15H2,1-3H3. The molecular weight excluding hydrogens is 226 g/mol. The van der Waals surface area contributed by atoms with Crippen molar-refractivity contribution in [2.45, 2.75) is 27.3 Å². The van der Waals surface area contributed by atoms with E-state index >= 15 is 0 Å². The number of aromatic nitrogens is 2. The molecule has 1 aromatic carbocycles. The van der Waals surface area contributed by atoms with E-state index in [-0.39, 0.29) is 0 Å². The summed E-state index contributed by atoms with van der Waals surface area (Å²) in [7, 11) is 0. The van der Waals surface area contributed by atoms with Crippen LogP contribution in [0.1, 0.15) is 17.0 Å². The third-order valence-electron chi connectivity index (χ3n) is 2.95. The lowest BCUT2D eigenvalue weighted by Crippen LogP contribution is -2.10. The average molecular weight is 245 g/mol. The largest absolute Gasteiger partial charge is 0.489 e. The first kappa shape index (κ1) is 12.5. The van der Waals surface area contributed by atoms with E-state index in [1.807, 2.05) is 33.0 Å². The summed E-state index contributed by atoms with van der Waals surface area (Å²) < 4.78 is 7.83. The van der Waals surface area contributed by atoms with Crippen LogP contribution in [0, 0.1) is 20.8 Å². The smallest absolute Gasteiger partial charge is 0.145 e. The monoisotopic (exact) mass is 245 g/mol. The Bertz CT molecular complexity index is 523. The van der Waals surface area contributed by atoms with Crippen molar-refractivity contribution in [2.24, 2.45) is 0 Å². The van der Waals surface area contributed by atoms with Gasteiger partial charge >= 0.3 is 0 Å². The number of hydrogen-bond acceptors (Lipinski definition) is 3. The van der Waals surface area contributed by atoms with Gasteiger partial charge in [-0.1, -0.05) is 6.07 Å². The Labute approximate surface area is 107 Å². The van der Waals surface area contributed by atoms with Gasteiger partial charge in [0.2, 0.25) is 0 Å². The maximum absolute atomic E-state index is 5.97. The number of anilines is 1. The molecule has 0 atom stereocenters. The molecule has 4 heteroatoms. The quantitative estimate of drug-likeness (QED) is 0.842. The first-order valence-corrected chi connectivity index (χ1v) is 6.05. The minimum Gasteiger partial charge on any atom is -0.489 e. The number of nitrogen functional groups attached to an aromatic ring is 1. The molecule has 0 amide bonds. The van der Waals surface area contributed by atoms with Crippen LogP contribution in [0.25, 0.3) is 0 Å². The van der Waals surface area contributed by atoms with Gasteiger partial charge in [0.15, 0.2) is 0 Å². The molecule has 96 valence electrons. The second-order valence-electron chi connectivity index (χ2n) is 4.52. The molecule has 2 rings (SSSR count). The van der Waals surface area contributed by atoms with Crippen LogP contribution in [0.4, 0.5) is 5.69 Å². The fourth-order valence-electron chi connectivity index (χ4n) is 2.07. The van der Waals surface area contributed by atoms with Crippen molar-refractivity contribution in [3.8, 4) is 5.75 Å². The summed E-state index contributed by atoms with van der Waals surface area (Å²) in [6, 6.07) is 4.01. The second-order valence-corrected chi connectivity index (χ2v) is 4.52. The van der Waals surface area contributed by atoms with Crippen LogP contribution in [0.2, 0.25) is 0 Å². The molecule has 18 heavy (non-hydrogen) atoms. The van der Waals surface area contributed by atoms with Crippen LogP contribution in [0.5, 0.6) is 5.75 Å². The van der Waals surface area contributed by atoms with Crippen LogP contribution in [-0.2, 0) is 6.54 Å². The molecule has 0 aliphatic rings. The fourth-order valence-corrected chi connectivity index (χ4v) is 2.07. The van der Waals surface area contributed by atoms with E-state index < -0.39 is 0 Å². The van der Waals surface area contributed by atoms with Crippen LogP contribution >= 0.6 is 0 Å². The van der Waals surface area contributed by atoms with Crippen molar-refractivity contribution in [3.05, 3.63) is 41.5 Å². The van der Waals surface area contributed by atoms with E-state index in [0.29, 0.717) is 12.3 Å². The SMILES string of the molecule is Cc1cc(C)c(OCCn2ccnc2C)c(N)c1. The number of nitrogens with two attached hydrogens (primary N) is 1. The Morgan fingerprint density at radius 3 is 2.67 bits per heavy atom. The number of nitrogens with zero attached hydrogens (tertiary/aromatic N) is 2. The zero-order valence-electron chi connectivity index (χ0n) is 11.1. The highest BCUT2D eigenvalue weighted by atomic mass is 16.5. The molecule has 0 fully saturated rings. The molecule has 0 unspecified atom stereocenters. The van der Waals surface area contributed by atoms with E-state index in [1.54, 1.807) is 6.20 Å². The molecule has 0 saturated heterocycles. The predicted molar refractivity (Wildman–Crippen MR) is 72.8 cm³/mol. The van der Waals surface area contributed by atoms with Gasteiger partial charge in [0, 0.05) is 12.4 Å².